The minimum absolute atomic E-state index is 0.0272. The fraction of sp³-hybridized carbons (Fsp3) is 0.500. The standard InChI is InChI=1S/C24H30N6O4S/c1-17-15-34-11-8-30(17)22-14-21(28-35(32)12-9-29(10-13-35)23(31)16-33-2)26-24(27-22)19-6-7-25-20-5-3-4-18(19)20/h3-4,6-7,14,17H,5,8-13,15-16H2,1-2H3/t17-/m1/s1. The highest BCUT2D eigenvalue weighted by molar-refractivity contribution is 7.93. The van der Waals surface area contributed by atoms with Crippen molar-refractivity contribution in [1.29, 1.82) is 0 Å². The number of methoxy groups -OCH3 is 1. The molecule has 1 aliphatic carbocycles. The van der Waals surface area contributed by atoms with Crippen LogP contribution in [-0.2, 0) is 30.4 Å². The lowest BCUT2D eigenvalue weighted by Gasteiger charge is -2.34. The number of hydrogen-bond acceptors (Lipinski definition) is 9. The normalized spacial score (nSPS) is 21.1. The minimum Gasteiger partial charge on any atom is -0.377 e. The van der Waals surface area contributed by atoms with Gasteiger partial charge in [0, 0.05) is 68.1 Å². The van der Waals surface area contributed by atoms with E-state index in [1.165, 1.54) is 7.11 Å². The number of ether oxygens (including phenoxy) is 2. The predicted octanol–water partition coefficient (Wildman–Crippen LogP) is 1.92. The summed E-state index contributed by atoms with van der Waals surface area (Å²) in [6.45, 7) is 4.83. The first-order valence-electron chi connectivity index (χ1n) is 11.8. The Hall–Kier alpha value is -2.89. The molecule has 186 valence electrons. The Bertz CT molecular complexity index is 1260. The maximum absolute atomic E-state index is 13.6. The zero-order valence-corrected chi connectivity index (χ0v) is 20.9. The van der Waals surface area contributed by atoms with Gasteiger partial charge in [0.1, 0.15) is 12.4 Å². The van der Waals surface area contributed by atoms with Gasteiger partial charge in [-0.2, -0.15) is 4.36 Å². The van der Waals surface area contributed by atoms with Crippen LogP contribution in [0, 0.1) is 0 Å². The molecule has 0 radical (unpaired) electrons. The summed E-state index contributed by atoms with van der Waals surface area (Å²) in [6.07, 6.45) is 6.69. The van der Waals surface area contributed by atoms with E-state index in [1.807, 2.05) is 12.1 Å². The van der Waals surface area contributed by atoms with Crippen molar-refractivity contribution in [2.45, 2.75) is 19.4 Å². The second-order valence-electron chi connectivity index (χ2n) is 8.94. The molecule has 1 atom stereocenters. The number of carbonyl (C=O) groups excluding carboxylic acids is 1. The third-order valence-electron chi connectivity index (χ3n) is 6.51. The van der Waals surface area contributed by atoms with Gasteiger partial charge in [0.05, 0.1) is 34.7 Å². The maximum Gasteiger partial charge on any atom is 0.248 e. The lowest BCUT2D eigenvalue weighted by atomic mass is 10.1. The molecular weight excluding hydrogens is 468 g/mol. The van der Waals surface area contributed by atoms with Crippen LogP contribution < -0.4 is 4.90 Å². The van der Waals surface area contributed by atoms with Gasteiger partial charge in [-0.1, -0.05) is 12.2 Å². The lowest BCUT2D eigenvalue weighted by molar-refractivity contribution is -0.134. The summed E-state index contributed by atoms with van der Waals surface area (Å²) in [7, 11) is -1.07. The van der Waals surface area contributed by atoms with E-state index in [-0.39, 0.29) is 18.6 Å². The summed E-state index contributed by atoms with van der Waals surface area (Å²) in [5.74, 6) is 2.20. The smallest absolute Gasteiger partial charge is 0.248 e. The predicted molar refractivity (Wildman–Crippen MR) is 134 cm³/mol. The number of fused-ring (bicyclic) bond motifs is 1. The van der Waals surface area contributed by atoms with Gasteiger partial charge in [-0.25, -0.2) is 14.2 Å². The number of morpholine rings is 1. The SMILES string of the molecule is COCC(=O)N1CCS(=O)(=Nc2cc(N3CCOC[C@H]3C)nc(-c3ccnc4c3C=CC4)n2)CC1. The minimum atomic E-state index is -2.57. The first kappa shape index (κ1) is 23.8. The fourth-order valence-corrected chi connectivity index (χ4v) is 6.43. The van der Waals surface area contributed by atoms with Crippen molar-refractivity contribution < 1.29 is 18.5 Å². The first-order chi connectivity index (χ1) is 17.0. The molecule has 0 bridgehead atoms. The number of hydrogen-bond donors (Lipinski definition) is 0. The van der Waals surface area contributed by atoms with Crippen molar-refractivity contribution in [3.05, 3.63) is 35.7 Å². The highest BCUT2D eigenvalue weighted by atomic mass is 32.2. The van der Waals surface area contributed by atoms with Crippen LogP contribution in [0.15, 0.2) is 28.8 Å². The van der Waals surface area contributed by atoms with Crippen molar-refractivity contribution in [2.24, 2.45) is 4.36 Å². The molecule has 2 saturated heterocycles. The molecule has 10 nitrogen and oxygen atoms in total. The maximum atomic E-state index is 13.6. The van der Waals surface area contributed by atoms with Gasteiger partial charge < -0.3 is 19.3 Å². The van der Waals surface area contributed by atoms with Crippen LogP contribution >= 0.6 is 0 Å². The van der Waals surface area contributed by atoms with Crippen LogP contribution in [0.25, 0.3) is 17.5 Å². The number of aromatic nitrogens is 3. The van der Waals surface area contributed by atoms with E-state index < -0.39 is 9.73 Å². The highest BCUT2D eigenvalue weighted by Gasteiger charge is 2.26. The molecule has 0 saturated carbocycles. The molecule has 0 N–H and O–H groups in total. The third-order valence-corrected chi connectivity index (χ3v) is 8.67. The molecule has 2 fully saturated rings. The zero-order chi connectivity index (χ0) is 24.4. The molecular formula is C24H30N6O4S. The quantitative estimate of drug-likeness (QED) is 0.615. The van der Waals surface area contributed by atoms with E-state index in [0.29, 0.717) is 56.0 Å². The number of anilines is 1. The molecule has 11 heteroatoms. The molecule has 1 amide bonds. The van der Waals surface area contributed by atoms with E-state index in [9.17, 15) is 9.00 Å². The number of carbonyl (C=O) groups is 1. The van der Waals surface area contributed by atoms with Crippen LogP contribution in [0.2, 0.25) is 0 Å². The summed E-state index contributed by atoms with van der Waals surface area (Å²) in [6, 6.07) is 3.88. The Morgan fingerprint density at radius 1 is 1.29 bits per heavy atom. The van der Waals surface area contributed by atoms with E-state index in [1.54, 1.807) is 11.1 Å². The second kappa shape index (κ2) is 10.00. The average molecular weight is 499 g/mol. The summed E-state index contributed by atoms with van der Waals surface area (Å²) >= 11 is 0. The van der Waals surface area contributed by atoms with Gasteiger partial charge in [0.15, 0.2) is 11.6 Å². The monoisotopic (exact) mass is 498 g/mol. The first-order valence-corrected chi connectivity index (χ1v) is 13.7. The van der Waals surface area contributed by atoms with Crippen LogP contribution in [-0.4, -0.2) is 94.1 Å². The summed E-state index contributed by atoms with van der Waals surface area (Å²) in [5, 5.41) is 0. The van der Waals surface area contributed by atoms with Crippen LogP contribution in [0.3, 0.4) is 0 Å². The Labute approximate surface area is 205 Å². The van der Waals surface area contributed by atoms with E-state index in [2.05, 4.69) is 33.3 Å². The zero-order valence-electron chi connectivity index (χ0n) is 20.1. The number of nitrogens with zero attached hydrogens (tertiary/aromatic N) is 6. The average Bonchev–Trinajstić information content (AvgIpc) is 3.33. The van der Waals surface area contributed by atoms with Gasteiger partial charge >= 0.3 is 0 Å². The summed E-state index contributed by atoms with van der Waals surface area (Å²) in [5.41, 5.74) is 2.89. The Morgan fingerprint density at radius 3 is 2.89 bits per heavy atom. The molecule has 2 aromatic heterocycles. The molecule has 0 unspecified atom stereocenters. The Morgan fingerprint density at radius 2 is 2.11 bits per heavy atom. The van der Waals surface area contributed by atoms with Gasteiger partial charge in [0.25, 0.3) is 0 Å². The topological polar surface area (TPSA) is 110 Å². The molecule has 4 heterocycles. The van der Waals surface area contributed by atoms with E-state index >= 15 is 0 Å². The van der Waals surface area contributed by atoms with Crippen molar-refractivity contribution >= 4 is 33.3 Å². The molecule has 0 spiro atoms. The molecule has 2 aliphatic heterocycles. The Balaban J connectivity index is 1.52. The van der Waals surface area contributed by atoms with E-state index in [4.69, 9.17) is 19.4 Å². The molecule has 2 aromatic rings. The van der Waals surface area contributed by atoms with Crippen LogP contribution in [0.4, 0.5) is 11.6 Å². The number of amides is 1. The Kier molecular flexibility index (Phi) is 6.81. The number of rotatable bonds is 5. The van der Waals surface area contributed by atoms with Crippen molar-refractivity contribution in [2.75, 3.05) is 63.0 Å². The largest absolute Gasteiger partial charge is 0.377 e. The molecule has 3 aliphatic rings. The molecule has 0 aromatic carbocycles. The van der Waals surface area contributed by atoms with Gasteiger partial charge in [0.2, 0.25) is 5.91 Å². The van der Waals surface area contributed by atoms with E-state index in [0.717, 1.165) is 29.1 Å². The van der Waals surface area contributed by atoms with Gasteiger partial charge in [-0.3, -0.25) is 9.78 Å². The van der Waals surface area contributed by atoms with Crippen molar-refractivity contribution in [1.82, 2.24) is 19.9 Å². The summed E-state index contributed by atoms with van der Waals surface area (Å²) in [4.78, 5) is 30.1. The van der Waals surface area contributed by atoms with Gasteiger partial charge in [-0.05, 0) is 13.0 Å². The number of pyridine rings is 1. The molecule has 35 heavy (non-hydrogen) atoms. The highest BCUT2D eigenvalue weighted by Crippen LogP contribution is 2.32. The second-order valence-corrected chi connectivity index (χ2v) is 11.5. The van der Waals surface area contributed by atoms with Gasteiger partial charge in [-0.15, -0.1) is 0 Å². The summed E-state index contributed by atoms with van der Waals surface area (Å²) < 4.78 is 28.9. The number of allylic oxidation sites excluding steroid dienone is 1. The van der Waals surface area contributed by atoms with Crippen molar-refractivity contribution in [3.63, 3.8) is 0 Å². The lowest BCUT2D eigenvalue weighted by Crippen LogP contribution is -2.45. The van der Waals surface area contributed by atoms with Crippen LogP contribution in [0.1, 0.15) is 18.2 Å². The molecule has 5 rings (SSSR count). The fourth-order valence-electron chi connectivity index (χ4n) is 4.60. The van der Waals surface area contributed by atoms with Crippen molar-refractivity contribution in [3.8, 4) is 11.4 Å². The van der Waals surface area contributed by atoms with Crippen LogP contribution in [0.5, 0.6) is 0 Å². The third kappa shape index (κ3) is 5.07.